The maximum atomic E-state index is 4.32. The van der Waals surface area contributed by atoms with Gasteiger partial charge < -0.3 is 15.1 Å². The molecule has 0 bridgehead atoms. The van der Waals surface area contributed by atoms with Crippen LogP contribution >= 0.6 is 0 Å². The minimum absolute atomic E-state index is 0.490. The van der Waals surface area contributed by atoms with Crippen LogP contribution in [0.2, 0.25) is 0 Å². The second-order valence-corrected chi connectivity index (χ2v) is 6.98. The van der Waals surface area contributed by atoms with Gasteiger partial charge in [-0.1, -0.05) is 12.7 Å². The Balaban J connectivity index is 1.90. The predicted octanol–water partition coefficient (Wildman–Crippen LogP) is 0.559. The monoisotopic (exact) mass is 313 g/mol. The fraction of sp³-hybridized carbons (Fsp3) is 0.556. The topological polar surface area (TPSA) is 44.3 Å². The first-order valence-electron chi connectivity index (χ1n) is 8.29. The molecule has 0 unspecified atom stereocenters. The molecule has 1 aromatic heterocycles. The molecule has 1 N–H and O–H groups in total. The number of rotatable bonds is 3. The molecule has 2 fully saturated rings. The summed E-state index contributed by atoms with van der Waals surface area (Å²) in [6.07, 6.45) is 5.52. The van der Waals surface area contributed by atoms with Gasteiger partial charge in [0, 0.05) is 54.8 Å². The normalized spacial score (nSPS) is 21.8. The van der Waals surface area contributed by atoms with Crippen molar-refractivity contribution in [3.63, 3.8) is 0 Å². The van der Waals surface area contributed by atoms with Crippen LogP contribution in [0, 0.1) is 12.3 Å². The van der Waals surface area contributed by atoms with Gasteiger partial charge in [-0.3, -0.25) is 0 Å². The van der Waals surface area contributed by atoms with Crippen molar-refractivity contribution in [2.24, 2.45) is 5.41 Å². The molecule has 5 heteroatoms. The standard InChI is InChI=1S/C18H27N5/c1-6-15-14(3)20-21-17(19-4)16(15)9-13(2)23-8-7-18(12-23)10-22(5)11-18/h6,9H,2,7-8,10-12H2,1,3-5H3,(H,19,21)/b15-6-,16-9+. The van der Waals surface area contributed by atoms with Crippen LogP contribution in [0.5, 0.6) is 0 Å². The van der Waals surface area contributed by atoms with Crippen LogP contribution in [0.1, 0.15) is 19.0 Å². The molecule has 3 rings (SSSR count). The van der Waals surface area contributed by atoms with Crippen molar-refractivity contribution in [3.8, 4) is 0 Å². The molecule has 2 aliphatic rings. The van der Waals surface area contributed by atoms with Crippen molar-refractivity contribution >= 4 is 18.0 Å². The molecule has 1 aromatic rings. The lowest BCUT2D eigenvalue weighted by molar-refractivity contribution is 0.0339. The highest BCUT2D eigenvalue weighted by atomic mass is 15.3. The van der Waals surface area contributed by atoms with Crippen molar-refractivity contribution in [2.45, 2.75) is 20.3 Å². The minimum atomic E-state index is 0.490. The van der Waals surface area contributed by atoms with E-state index in [1.165, 1.54) is 19.5 Å². The summed E-state index contributed by atoms with van der Waals surface area (Å²) in [5, 5.41) is 13.9. The van der Waals surface area contributed by atoms with Crippen molar-refractivity contribution in [2.75, 3.05) is 45.6 Å². The molecule has 124 valence electrons. The quantitative estimate of drug-likeness (QED) is 0.883. The van der Waals surface area contributed by atoms with E-state index in [0.717, 1.165) is 40.7 Å². The Bertz CT molecular complexity index is 731. The second kappa shape index (κ2) is 5.96. The summed E-state index contributed by atoms with van der Waals surface area (Å²) in [5.74, 6) is 0.808. The zero-order valence-electron chi connectivity index (χ0n) is 14.7. The van der Waals surface area contributed by atoms with Gasteiger partial charge in [0.2, 0.25) is 0 Å². The molecule has 0 radical (unpaired) electrons. The highest BCUT2D eigenvalue weighted by Crippen LogP contribution is 2.39. The molecule has 0 amide bonds. The minimum Gasteiger partial charge on any atom is -0.371 e. The van der Waals surface area contributed by atoms with Crippen LogP contribution < -0.4 is 15.8 Å². The summed E-state index contributed by atoms with van der Waals surface area (Å²) in [5.41, 5.74) is 2.51. The van der Waals surface area contributed by atoms with Gasteiger partial charge in [-0.25, -0.2) is 0 Å². The van der Waals surface area contributed by atoms with Crippen LogP contribution in [0.4, 0.5) is 5.82 Å². The van der Waals surface area contributed by atoms with E-state index >= 15 is 0 Å². The Morgan fingerprint density at radius 2 is 2.00 bits per heavy atom. The Morgan fingerprint density at radius 3 is 2.61 bits per heavy atom. The second-order valence-electron chi connectivity index (χ2n) is 6.98. The number of nitrogens with one attached hydrogen (secondary N) is 1. The lowest BCUT2D eigenvalue weighted by atomic mass is 9.79. The Hall–Kier alpha value is -1.88. The van der Waals surface area contributed by atoms with E-state index < -0.39 is 0 Å². The molecule has 0 saturated carbocycles. The van der Waals surface area contributed by atoms with Crippen LogP contribution in [0.25, 0.3) is 12.2 Å². The van der Waals surface area contributed by atoms with E-state index in [0.29, 0.717) is 5.41 Å². The van der Waals surface area contributed by atoms with Gasteiger partial charge in [0.25, 0.3) is 0 Å². The Labute approximate surface area is 138 Å². The lowest BCUT2D eigenvalue weighted by Crippen LogP contribution is -2.55. The van der Waals surface area contributed by atoms with Crippen molar-refractivity contribution in [3.05, 3.63) is 28.4 Å². The molecule has 23 heavy (non-hydrogen) atoms. The fourth-order valence-corrected chi connectivity index (χ4v) is 4.05. The Morgan fingerprint density at radius 1 is 1.26 bits per heavy atom. The summed E-state index contributed by atoms with van der Waals surface area (Å²) in [4.78, 5) is 4.82. The van der Waals surface area contributed by atoms with Crippen molar-refractivity contribution in [1.82, 2.24) is 20.0 Å². The summed E-state index contributed by atoms with van der Waals surface area (Å²) in [7, 11) is 4.08. The van der Waals surface area contributed by atoms with E-state index in [2.05, 4.69) is 51.1 Å². The average molecular weight is 313 g/mol. The van der Waals surface area contributed by atoms with E-state index in [9.17, 15) is 0 Å². The SMILES string of the molecule is C=C(/C=c1/c(NC)nnc(C)/c1=C/C)N1CCC2(CN(C)C2)C1. The van der Waals surface area contributed by atoms with Gasteiger partial charge in [-0.15, -0.1) is 5.10 Å². The molecule has 2 aliphatic heterocycles. The molecule has 0 aliphatic carbocycles. The number of hydrogen-bond donors (Lipinski definition) is 1. The van der Waals surface area contributed by atoms with Gasteiger partial charge in [-0.05, 0) is 33.4 Å². The summed E-state index contributed by atoms with van der Waals surface area (Å²) >= 11 is 0. The number of likely N-dealkylation sites (tertiary alicyclic amines) is 2. The first kappa shape index (κ1) is 16.0. The van der Waals surface area contributed by atoms with Gasteiger partial charge >= 0.3 is 0 Å². The summed E-state index contributed by atoms with van der Waals surface area (Å²) in [6, 6.07) is 0. The maximum Gasteiger partial charge on any atom is 0.156 e. The van der Waals surface area contributed by atoms with E-state index in [-0.39, 0.29) is 0 Å². The zero-order chi connectivity index (χ0) is 16.6. The number of aryl methyl sites for hydroxylation is 1. The summed E-state index contributed by atoms with van der Waals surface area (Å²) < 4.78 is 0. The van der Waals surface area contributed by atoms with Gasteiger partial charge in [0.15, 0.2) is 5.82 Å². The average Bonchev–Trinajstić information content (AvgIpc) is 2.93. The highest BCUT2D eigenvalue weighted by Gasteiger charge is 2.46. The van der Waals surface area contributed by atoms with Crippen LogP contribution in [0.3, 0.4) is 0 Å². The smallest absolute Gasteiger partial charge is 0.156 e. The summed E-state index contributed by atoms with van der Waals surface area (Å²) in [6.45, 7) is 13.0. The van der Waals surface area contributed by atoms with Gasteiger partial charge in [-0.2, -0.15) is 5.10 Å². The number of anilines is 1. The van der Waals surface area contributed by atoms with Crippen LogP contribution in [0.15, 0.2) is 12.3 Å². The molecular weight excluding hydrogens is 286 g/mol. The maximum absolute atomic E-state index is 4.32. The van der Waals surface area contributed by atoms with E-state index in [4.69, 9.17) is 0 Å². The highest BCUT2D eigenvalue weighted by molar-refractivity contribution is 5.53. The van der Waals surface area contributed by atoms with Crippen LogP contribution in [-0.4, -0.2) is 60.3 Å². The predicted molar refractivity (Wildman–Crippen MR) is 95.4 cm³/mol. The first-order chi connectivity index (χ1) is 11.0. The Kier molecular flexibility index (Phi) is 4.15. The van der Waals surface area contributed by atoms with Crippen molar-refractivity contribution in [1.29, 1.82) is 0 Å². The van der Waals surface area contributed by atoms with Crippen molar-refractivity contribution < 1.29 is 0 Å². The number of allylic oxidation sites excluding steroid dienone is 1. The molecule has 2 saturated heterocycles. The lowest BCUT2D eigenvalue weighted by Gasteiger charge is -2.46. The van der Waals surface area contributed by atoms with Gasteiger partial charge in [0.05, 0.1) is 5.69 Å². The number of nitrogens with zero attached hydrogens (tertiary/aromatic N) is 4. The molecular formula is C18H27N5. The molecule has 0 aromatic carbocycles. The zero-order valence-corrected chi connectivity index (χ0v) is 14.7. The van der Waals surface area contributed by atoms with Gasteiger partial charge in [0.1, 0.15) is 0 Å². The van der Waals surface area contributed by atoms with E-state index in [1.807, 2.05) is 20.9 Å². The molecule has 1 spiro atoms. The third kappa shape index (κ3) is 2.85. The first-order valence-corrected chi connectivity index (χ1v) is 8.29. The third-order valence-corrected chi connectivity index (χ3v) is 5.13. The fourth-order valence-electron chi connectivity index (χ4n) is 4.05. The molecule has 5 nitrogen and oxygen atoms in total. The molecule has 0 atom stereocenters. The largest absolute Gasteiger partial charge is 0.371 e. The number of hydrogen-bond acceptors (Lipinski definition) is 5. The third-order valence-electron chi connectivity index (χ3n) is 5.13. The van der Waals surface area contributed by atoms with Crippen LogP contribution in [-0.2, 0) is 0 Å². The molecule has 3 heterocycles. The van der Waals surface area contributed by atoms with E-state index in [1.54, 1.807) is 0 Å². The number of aromatic nitrogens is 2.